The van der Waals surface area contributed by atoms with Gasteiger partial charge in [-0.05, 0) is 75.2 Å². The highest BCUT2D eigenvalue weighted by Crippen LogP contribution is 2.26. The lowest BCUT2D eigenvalue weighted by molar-refractivity contribution is -0.114. The van der Waals surface area contributed by atoms with Gasteiger partial charge in [0.15, 0.2) is 0 Å². The summed E-state index contributed by atoms with van der Waals surface area (Å²) < 4.78 is 0. The van der Waals surface area contributed by atoms with E-state index in [1.165, 1.54) is 29.3 Å². The van der Waals surface area contributed by atoms with Crippen molar-refractivity contribution in [3.8, 4) is 0 Å². The van der Waals surface area contributed by atoms with E-state index in [9.17, 15) is 14.4 Å². The number of hydrogen-bond acceptors (Lipinski definition) is 5. The number of aryl methyl sites for hydroxylation is 2. The first-order chi connectivity index (χ1) is 14.2. The van der Waals surface area contributed by atoms with Gasteiger partial charge in [0.25, 0.3) is 11.8 Å². The van der Waals surface area contributed by atoms with Gasteiger partial charge in [-0.3, -0.25) is 15.0 Å². The van der Waals surface area contributed by atoms with Crippen LogP contribution in [0.25, 0.3) is 0 Å². The van der Waals surface area contributed by atoms with Crippen LogP contribution in [0.15, 0.2) is 58.8 Å². The highest BCUT2D eigenvalue weighted by molar-refractivity contribution is 6.30. The number of anilines is 1. The molecule has 2 amide bonds. The maximum absolute atomic E-state index is 12.9. The van der Waals surface area contributed by atoms with Crippen LogP contribution in [0.1, 0.15) is 45.7 Å². The van der Waals surface area contributed by atoms with Gasteiger partial charge in [0.2, 0.25) is 0 Å². The second-order valence-electron chi connectivity index (χ2n) is 7.03. The Morgan fingerprint density at radius 3 is 2.17 bits per heavy atom. The average Bonchev–Trinajstić information content (AvgIpc) is 3.02. The van der Waals surface area contributed by atoms with Crippen molar-refractivity contribution in [2.45, 2.75) is 27.7 Å². The van der Waals surface area contributed by atoms with Gasteiger partial charge < -0.3 is 10.5 Å². The van der Waals surface area contributed by atoms with E-state index in [0.717, 1.165) is 11.1 Å². The fourth-order valence-electron chi connectivity index (χ4n) is 3.02. The number of carbonyl (C=O) groups excluding carboxylic acids is 2. The number of rotatable bonds is 5. The second-order valence-corrected chi connectivity index (χ2v) is 7.03. The summed E-state index contributed by atoms with van der Waals surface area (Å²) >= 11 is 0. The van der Waals surface area contributed by atoms with Crippen LogP contribution < -0.4 is 15.9 Å². The van der Waals surface area contributed by atoms with Crippen LogP contribution in [0, 0.1) is 13.8 Å². The zero-order valence-corrected chi connectivity index (χ0v) is 17.1. The van der Waals surface area contributed by atoms with E-state index in [1.54, 1.807) is 13.8 Å². The topological polar surface area (TPSA) is 111 Å². The van der Waals surface area contributed by atoms with Gasteiger partial charge in [0.05, 0.1) is 22.5 Å². The summed E-state index contributed by atoms with van der Waals surface area (Å²) in [5.41, 5.74) is 9.84. The minimum absolute atomic E-state index is 0.0904. The van der Waals surface area contributed by atoms with Crippen LogP contribution in [-0.2, 0) is 4.79 Å². The molecule has 0 bridgehead atoms. The van der Waals surface area contributed by atoms with E-state index in [0.29, 0.717) is 22.7 Å². The molecule has 0 fully saturated rings. The summed E-state index contributed by atoms with van der Waals surface area (Å²) in [7, 11) is 0. The molecule has 3 rings (SSSR count). The number of nitrogens with one attached hydrogen (secondary N) is 2. The number of carbonyl (C=O) groups is 3. The Kier molecular flexibility index (Phi) is 5.68. The molecule has 2 aromatic rings. The standard InChI is InChI=1S/C22H22N4O4/c1-12-5-10-18(11-13(12)2)26-21(28)19(15(4)25-26)14(3)23-24-20(27)16-6-8-17(9-7-16)22(29)30/h5-11,23H,1-4H3,(H,24,27)(H,29,30)/b19-14-. The normalized spacial score (nSPS) is 15.0. The van der Waals surface area contributed by atoms with Gasteiger partial charge in [-0.25, -0.2) is 4.79 Å². The third-order valence-corrected chi connectivity index (χ3v) is 4.89. The number of hydrazine groups is 1. The molecule has 0 saturated heterocycles. The van der Waals surface area contributed by atoms with Crippen molar-refractivity contribution < 1.29 is 19.5 Å². The van der Waals surface area contributed by atoms with Crippen LogP contribution in [0.2, 0.25) is 0 Å². The lowest BCUT2D eigenvalue weighted by Gasteiger charge is -2.15. The van der Waals surface area contributed by atoms with Crippen molar-refractivity contribution in [1.29, 1.82) is 0 Å². The van der Waals surface area contributed by atoms with E-state index in [2.05, 4.69) is 16.0 Å². The maximum atomic E-state index is 12.9. The predicted molar refractivity (Wildman–Crippen MR) is 113 cm³/mol. The summed E-state index contributed by atoms with van der Waals surface area (Å²) in [6.45, 7) is 7.37. The number of nitrogens with zero attached hydrogens (tertiary/aromatic N) is 2. The quantitative estimate of drug-likeness (QED) is 0.522. The number of amides is 2. The monoisotopic (exact) mass is 406 g/mol. The van der Waals surface area contributed by atoms with E-state index in [4.69, 9.17) is 5.11 Å². The molecule has 1 aliphatic rings. The van der Waals surface area contributed by atoms with E-state index in [-0.39, 0.29) is 17.0 Å². The van der Waals surface area contributed by atoms with E-state index in [1.807, 2.05) is 32.0 Å². The smallest absolute Gasteiger partial charge is 0.335 e. The van der Waals surface area contributed by atoms with Crippen molar-refractivity contribution in [2.75, 3.05) is 5.01 Å². The van der Waals surface area contributed by atoms with Gasteiger partial charge in [0.1, 0.15) is 0 Å². The molecule has 1 heterocycles. The lowest BCUT2D eigenvalue weighted by atomic mass is 10.1. The third-order valence-electron chi connectivity index (χ3n) is 4.89. The Balaban J connectivity index is 1.73. The van der Waals surface area contributed by atoms with Crippen molar-refractivity contribution in [3.05, 3.63) is 76.0 Å². The molecule has 2 aromatic carbocycles. The Hall–Kier alpha value is -3.94. The number of benzene rings is 2. The Labute approximate surface area is 173 Å². The fraction of sp³-hybridized carbons (Fsp3) is 0.182. The van der Waals surface area contributed by atoms with Gasteiger partial charge in [0, 0.05) is 11.3 Å². The number of allylic oxidation sites excluding steroid dienone is 1. The zero-order chi connectivity index (χ0) is 22.0. The number of carboxylic acid groups (broad SMARTS) is 1. The van der Waals surface area contributed by atoms with Gasteiger partial charge in [-0.1, -0.05) is 6.07 Å². The molecule has 0 aliphatic carbocycles. The molecule has 0 saturated carbocycles. The molecule has 3 N–H and O–H groups in total. The molecule has 8 nitrogen and oxygen atoms in total. The van der Waals surface area contributed by atoms with Crippen molar-refractivity contribution in [1.82, 2.24) is 10.9 Å². The molecule has 8 heteroatoms. The minimum atomic E-state index is -1.07. The number of hydrogen-bond donors (Lipinski definition) is 3. The maximum Gasteiger partial charge on any atom is 0.335 e. The van der Waals surface area contributed by atoms with E-state index >= 15 is 0 Å². The molecular formula is C22H22N4O4. The number of carboxylic acids is 1. The summed E-state index contributed by atoms with van der Waals surface area (Å²) in [6.07, 6.45) is 0. The molecule has 154 valence electrons. The Bertz CT molecular complexity index is 1100. The molecule has 30 heavy (non-hydrogen) atoms. The first kappa shape index (κ1) is 20.8. The van der Waals surface area contributed by atoms with Crippen molar-refractivity contribution in [3.63, 3.8) is 0 Å². The summed E-state index contributed by atoms with van der Waals surface area (Å²) in [6, 6.07) is 11.2. The third kappa shape index (κ3) is 4.07. The Morgan fingerprint density at radius 1 is 0.933 bits per heavy atom. The van der Waals surface area contributed by atoms with Crippen LogP contribution in [0.5, 0.6) is 0 Å². The summed E-state index contributed by atoms with van der Waals surface area (Å²) in [5, 5.41) is 14.6. The molecule has 1 aliphatic heterocycles. The fourth-order valence-corrected chi connectivity index (χ4v) is 3.02. The highest BCUT2D eigenvalue weighted by Gasteiger charge is 2.31. The van der Waals surface area contributed by atoms with Crippen molar-refractivity contribution in [2.24, 2.45) is 5.10 Å². The summed E-state index contributed by atoms with van der Waals surface area (Å²) in [5.74, 6) is -1.82. The first-order valence-corrected chi connectivity index (χ1v) is 9.27. The van der Waals surface area contributed by atoms with Crippen LogP contribution in [0.3, 0.4) is 0 Å². The zero-order valence-electron chi connectivity index (χ0n) is 17.1. The number of hydrazone groups is 1. The number of aromatic carboxylic acids is 1. The largest absolute Gasteiger partial charge is 0.478 e. The molecule has 0 atom stereocenters. The van der Waals surface area contributed by atoms with Crippen LogP contribution in [0.4, 0.5) is 5.69 Å². The highest BCUT2D eigenvalue weighted by atomic mass is 16.4. The molecule has 0 radical (unpaired) electrons. The SMILES string of the molecule is CC1=NN(c2ccc(C)c(C)c2)C(=O)/C1=C(/C)NNC(=O)c1ccc(C(=O)O)cc1. The lowest BCUT2D eigenvalue weighted by Crippen LogP contribution is -2.37. The molecule has 0 unspecified atom stereocenters. The van der Waals surface area contributed by atoms with Gasteiger partial charge in [-0.2, -0.15) is 10.1 Å². The first-order valence-electron chi connectivity index (χ1n) is 9.27. The van der Waals surface area contributed by atoms with E-state index < -0.39 is 11.9 Å². The van der Waals surface area contributed by atoms with Crippen molar-refractivity contribution >= 4 is 29.2 Å². The summed E-state index contributed by atoms with van der Waals surface area (Å²) in [4.78, 5) is 36.1. The second kappa shape index (κ2) is 8.20. The molecular weight excluding hydrogens is 384 g/mol. The molecule has 0 aromatic heterocycles. The van der Waals surface area contributed by atoms with Gasteiger partial charge >= 0.3 is 5.97 Å². The van der Waals surface area contributed by atoms with Crippen LogP contribution in [-0.4, -0.2) is 28.6 Å². The average molecular weight is 406 g/mol. The van der Waals surface area contributed by atoms with Gasteiger partial charge in [-0.15, -0.1) is 0 Å². The molecule has 0 spiro atoms. The van der Waals surface area contributed by atoms with Crippen LogP contribution >= 0.6 is 0 Å². The predicted octanol–water partition coefficient (Wildman–Crippen LogP) is 2.93. The minimum Gasteiger partial charge on any atom is -0.478 e. The Morgan fingerprint density at radius 2 is 1.57 bits per heavy atom.